The van der Waals surface area contributed by atoms with Crippen molar-refractivity contribution in [1.82, 2.24) is 4.90 Å². The van der Waals surface area contributed by atoms with E-state index in [2.05, 4.69) is 15.9 Å². The summed E-state index contributed by atoms with van der Waals surface area (Å²) in [6.07, 6.45) is 1.64. The third-order valence-electron chi connectivity index (χ3n) is 4.12. The number of thioether (sulfide) groups is 1. The van der Waals surface area contributed by atoms with E-state index in [-0.39, 0.29) is 11.8 Å². The van der Waals surface area contributed by atoms with Crippen molar-refractivity contribution in [3.05, 3.63) is 60.9 Å². The Labute approximate surface area is 191 Å². The summed E-state index contributed by atoms with van der Waals surface area (Å²) in [7, 11) is 1.54. The third kappa shape index (κ3) is 4.74. The van der Waals surface area contributed by atoms with Gasteiger partial charge in [-0.05, 0) is 54.6 Å². The second-order valence-corrected chi connectivity index (χ2v) is 8.59. The van der Waals surface area contributed by atoms with Gasteiger partial charge in [0.05, 0.1) is 25.2 Å². The van der Waals surface area contributed by atoms with Crippen LogP contribution in [0.25, 0.3) is 6.08 Å². The predicted octanol–water partition coefficient (Wildman–Crippen LogP) is 6.40. The Balaban J connectivity index is 1.90. The summed E-state index contributed by atoms with van der Waals surface area (Å²) in [5.74, 6) is 0.708. The van der Waals surface area contributed by atoms with E-state index < -0.39 is 5.91 Å². The van der Waals surface area contributed by atoms with Crippen LogP contribution in [-0.2, 0) is 11.3 Å². The average Bonchev–Trinajstić information content (AvgIpc) is 2.94. The van der Waals surface area contributed by atoms with Crippen LogP contribution in [0.15, 0.2) is 39.7 Å². The summed E-state index contributed by atoms with van der Waals surface area (Å²) in [6.45, 7) is 2.38. The summed E-state index contributed by atoms with van der Waals surface area (Å²) in [6, 6.07) is 8.55. The van der Waals surface area contributed by atoms with Crippen LogP contribution >= 0.6 is 50.9 Å². The fourth-order valence-electron chi connectivity index (χ4n) is 2.71. The fraction of sp³-hybridized carbons (Fsp3) is 0.200. The summed E-state index contributed by atoms with van der Waals surface area (Å²) < 4.78 is 11.6. The highest BCUT2D eigenvalue weighted by Gasteiger charge is 2.36. The van der Waals surface area contributed by atoms with Crippen LogP contribution in [0.2, 0.25) is 10.0 Å². The lowest BCUT2D eigenvalue weighted by Crippen LogP contribution is -2.27. The minimum absolute atomic E-state index is 0.00822. The molecular weight excluding hydrogens is 501 g/mol. The standard InChI is InChI=1S/C20H16BrCl2NO4S/c1-3-28-17-9-13(21)11(7-16(17)27-2)8-18-19(25)24(20(26)29-18)10-12-14(22)5-4-6-15(12)23/h4-9H,3,10H2,1-2H3/b18-8-. The van der Waals surface area contributed by atoms with Gasteiger partial charge in [-0.15, -0.1) is 0 Å². The first-order chi connectivity index (χ1) is 13.8. The van der Waals surface area contributed by atoms with Crippen LogP contribution in [0.4, 0.5) is 4.79 Å². The Morgan fingerprint density at radius 3 is 2.48 bits per heavy atom. The Morgan fingerprint density at radius 1 is 1.17 bits per heavy atom. The van der Waals surface area contributed by atoms with Gasteiger partial charge in [0.25, 0.3) is 11.1 Å². The van der Waals surface area contributed by atoms with E-state index in [1.807, 2.05) is 6.92 Å². The van der Waals surface area contributed by atoms with Crippen molar-refractivity contribution >= 4 is 68.1 Å². The number of nitrogens with zero attached hydrogens (tertiary/aromatic N) is 1. The van der Waals surface area contributed by atoms with Crippen LogP contribution in [0.3, 0.4) is 0 Å². The second-order valence-electron chi connectivity index (χ2n) is 5.93. The molecule has 0 aliphatic carbocycles. The molecule has 0 bridgehead atoms. The van der Waals surface area contributed by atoms with Gasteiger partial charge in [0.2, 0.25) is 0 Å². The number of amides is 2. The van der Waals surface area contributed by atoms with Crippen molar-refractivity contribution in [3.8, 4) is 11.5 Å². The third-order valence-corrected chi connectivity index (χ3v) is 6.42. The number of hydrogen-bond donors (Lipinski definition) is 0. The molecule has 0 radical (unpaired) electrons. The van der Waals surface area contributed by atoms with Crippen molar-refractivity contribution in [1.29, 1.82) is 0 Å². The topological polar surface area (TPSA) is 55.8 Å². The van der Waals surface area contributed by atoms with E-state index in [1.165, 1.54) is 7.11 Å². The largest absolute Gasteiger partial charge is 0.493 e. The zero-order valence-corrected chi connectivity index (χ0v) is 19.4. The molecule has 2 aromatic rings. The summed E-state index contributed by atoms with van der Waals surface area (Å²) in [4.78, 5) is 26.7. The summed E-state index contributed by atoms with van der Waals surface area (Å²) in [5.41, 5.74) is 1.22. The molecular formula is C20H16BrCl2NO4S. The smallest absolute Gasteiger partial charge is 0.293 e. The lowest BCUT2D eigenvalue weighted by molar-refractivity contribution is -0.123. The van der Waals surface area contributed by atoms with Crippen molar-refractivity contribution < 1.29 is 19.1 Å². The molecule has 0 atom stereocenters. The first-order valence-corrected chi connectivity index (χ1v) is 10.9. The molecule has 0 N–H and O–H groups in total. The van der Waals surface area contributed by atoms with Gasteiger partial charge in [-0.1, -0.05) is 45.2 Å². The maximum absolute atomic E-state index is 12.8. The first-order valence-electron chi connectivity index (χ1n) is 8.54. The molecule has 0 spiro atoms. The van der Waals surface area contributed by atoms with Gasteiger partial charge in [0.1, 0.15) is 0 Å². The van der Waals surface area contributed by atoms with Crippen LogP contribution in [0.1, 0.15) is 18.1 Å². The van der Waals surface area contributed by atoms with E-state index in [9.17, 15) is 9.59 Å². The first kappa shape index (κ1) is 22.0. The van der Waals surface area contributed by atoms with Gasteiger partial charge < -0.3 is 9.47 Å². The van der Waals surface area contributed by atoms with Crippen LogP contribution in [0, 0.1) is 0 Å². The molecule has 1 aliphatic rings. The van der Waals surface area contributed by atoms with Crippen molar-refractivity contribution in [2.75, 3.05) is 13.7 Å². The number of imide groups is 1. The summed E-state index contributed by atoms with van der Waals surface area (Å²) >= 11 is 16.7. The van der Waals surface area contributed by atoms with Gasteiger partial charge in [0.15, 0.2) is 11.5 Å². The van der Waals surface area contributed by atoms with Crippen molar-refractivity contribution in [2.45, 2.75) is 13.5 Å². The Hall–Kier alpha value is -1.67. The van der Waals surface area contributed by atoms with Gasteiger partial charge in [-0.25, -0.2) is 0 Å². The number of ether oxygens (including phenoxy) is 2. The molecule has 0 unspecified atom stereocenters. The monoisotopic (exact) mass is 515 g/mol. The highest BCUT2D eigenvalue weighted by atomic mass is 79.9. The highest BCUT2D eigenvalue weighted by Crippen LogP contribution is 2.39. The molecule has 152 valence electrons. The van der Waals surface area contributed by atoms with Crippen LogP contribution in [-0.4, -0.2) is 29.8 Å². The molecule has 1 fully saturated rings. The lowest BCUT2D eigenvalue weighted by Gasteiger charge is -2.15. The number of halogens is 3. The quantitative estimate of drug-likeness (QED) is 0.416. The van der Waals surface area contributed by atoms with Crippen molar-refractivity contribution in [3.63, 3.8) is 0 Å². The molecule has 1 aliphatic heterocycles. The Morgan fingerprint density at radius 2 is 1.86 bits per heavy atom. The zero-order valence-electron chi connectivity index (χ0n) is 15.5. The average molecular weight is 517 g/mol. The van der Waals surface area contributed by atoms with Gasteiger partial charge >= 0.3 is 0 Å². The van der Waals surface area contributed by atoms with E-state index in [0.717, 1.165) is 16.7 Å². The van der Waals surface area contributed by atoms with E-state index >= 15 is 0 Å². The van der Waals surface area contributed by atoms with E-state index in [1.54, 1.807) is 36.4 Å². The number of rotatable bonds is 6. The molecule has 0 saturated carbocycles. The number of carbonyl (C=O) groups is 2. The normalized spacial score (nSPS) is 15.3. The second kappa shape index (κ2) is 9.43. The van der Waals surface area contributed by atoms with Crippen molar-refractivity contribution in [2.24, 2.45) is 0 Å². The minimum Gasteiger partial charge on any atom is -0.493 e. The predicted molar refractivity (Wildman–Crippen MR) is 120 cm³/mol. The minimum atomic E-state index is -0.407. The molecule has 5 nitrogen and oxygen atoms in total. The SMILES string of the molecule is CCOc1cc(Br)c(/C=C2\SC(=O)N(Cc3c(Cl)cccc3Cl)C2=O)cc1OC. The highest BCUT2D eigenvalue weighted by molar-refractivity contribution is 9.10. The van der Waals surface area contributed by atoms with Gasteiger partial charge in [0, 0.05) is 20.1 Å². The van der Waals surface area contributed by atoms with E-state index in [4.69, 9.17) is 32.7 Å². The maximum Gasteiger partial charge on any atom is 0.293 e. The molecule has 3 rings (SSSR count). The molecule has 1 heterocycles. The lowest BCUT2D eigenvalue weighted by atomic mass is 10.1. The van der Waals surface area contributed by atoms with Crippen LogP contribution in [0.5, 0.6) is 11.5 Å². The fourth-order valence-corrected chi connectivity index (χ4v) is 4.49. The molecule has 2 aromatic carbocycles. The summed E-state index contributed by atoms with van der Waals surface area (Å²) in [5, 5.41) is 0.422. The molecule has 1 saturated heterocycles. The molecule has 0 aromatic heterocycles. The zero-order chi connectivity index (χ0) is 21.1. The maximum atomic E-state index is 12.8. The number of benzene rings is 2. The number of methoxy groups -OCH3 is 1. The van der Waals surface area contributed by atoms with Crippen LogP contribution < -0.4 is 9.47 Å². The molecule has 9 heteroatoms. The Kier molecular flexibility index (Phi) is 7.16. The number of hydrogen-bond acceptors (Lipinski definition) is 5. The Bertz CT molecular complexity index is 992. The van der Waals surface area contributed by atoms with Gasteiger partial charge in [-0.2, -0.15) is 0 Å². The molecule has 29 heavy (non-hydrogen) atoms. The van der Waals surface area contributed by atoms with Gasteiger partial charge in [-0.3, -0.25) is 14.5 Å². The molecule has 2 amide bonds. The number of carbonyl (C=O) groups excluding carboxylic acids is 2. The van der Waals surface area contributed by atoms with E-state index in [0.29, 0.717) is 48.7 Å².